The number of nitrogens with two attached hydrogens (primary N) is 1. The van der Waals surface area contributed by atoms with E-state index in [1.165, 1.54) is 43.6 Å². The fraction of sp³-hybridized carbons (Fsp3) is 0.370. The predicted molar refractivity (Wildman–Crippen MR) is 136 cm³/mol. The van der Waals surface area contributed by atoms with E-state index in [-0.39, 0.29) is 53.5 Å². The van der Waals surface area contributed by atoms with Crippen LogP contribution in [0.25, 0.3) is 11.3 Å². The summed E-state index contributed by atoms with van der Waals surface area (Å²) in [5, 5.41) is 8.14. The lowest BCUT2D eigenvalue weighted by Crippen LogP contribution is -2.54. The minimum Gasteiger partial charge on any atom is -0.496 e. The van der Waals surface area contributed by atoms with E-state index in [2.05, 4.69) is 15.2 Å². The molecule has 4 rings (SSSR count). The number of nitrogens with zero attached hydrogens (tertiary/aromatic N) is 4. The molecule has 39 heavy (non-hydrogen) atoms. The highest BCUT2D eigenvalue weighted by Crippen LogP contribution is 2.46. The SMILES string of the molecule is COc1cc(F)c(-c2ccc(N(C[C@]3(c4ncccc4F)C[C@@H](F)C3)C(=O)OC(C)(C)C)nn2)cc1C(N)=O. The summed E-state index contributed by atoms with van der Waals surface area (Å²) in [7, 11) is 1.28. The zero-order valence-corrected chi connectivity index (χ0v) is 21.9. The molecule has 0 spiro atoms. The molecule has 1 aliphatic carbocycles. The van der Waals surface area contributed by atoms with Gasteiger partial charge in [-0.05, 0) is 63.9 Å². The summed E-state index contributed by atoms with van der Waals surface area (Å²) < 4.78 is 54.3. The Morgan fingerprint density at radius 2 is 1.85 bits per heavy atom. The van der Waals surface area contributed by atoms with Gasteiger partial charge in [0.1, 0.15) is 29.2 Å². The number of hydrogen-bond donors (Lipinski definition) is 1. The Morgan fingerprint density at radius 1 is 1.13 bits per heavy atom. The minimum absolute atomic E-state index is 0.00932. The summed E-state index contributed by atoms with van der Waals surface area (Å²) in [5.74, 6) is -2.21. The van der Waals surface area contributed by atoms with E-state index in [0.29, 0.717) is 0 Å². The molecule has 1 aromatic carbocycles. The highest BCUT2D eigenvalue weighted by atomic mass is 19.1. The minimum atomic E-state index is -1.20. The number of halogens is 3. The number of methoxy groups -OCH3 is 1. The Morgan fingerprint density at radius 3 is 2.38 bits per heavy atom. The lowest BCUT2D eigenvalue weighted by molar-refractivity contribution is 0.0507. The maximum atomic E-state index is 14.8. The van der Waals surface area contributed by atoms with Crippen LogP contribution in [0.3, 0.4) is 0 Å². The zero-order chi connectivity index (χ0) is 28.5. The van der Waals surface area contributed by atoms with Gasteiger partial charge in [0, 0.05) is 29.8 Å². The maximum Gasteiger partial charge on any atom is 0.416 e. The van der Waals surface area contributed by atoms with Crippen molar-refractivity contribution in [1.29, 1.82) is 0 Å². The molecule has 2 amide bonds. The van der Waals surface area contributed by atoms with Crippen LogP contribution in [0.2, 0.25) is 0 Å². The molecule has 0 saturated heterocycles. The van der Waals surface area contributed by atoms with Gasteiger partial charge < -0.3 is 15.2 Å². The first-order valence-corrected chi connectivity index (χ1v) is 12.1. The Bertz CT molecular complexity index is 1390. The first-order valence-electron chi connectivity index (χ1n) is 12.1. The van der Waals surface area contributed by atoms with Gasteiger partial charge in [-0.2, -0.15) is 0 Å². The van der Waals surface area contributed by atoms with Crippen LogP contribution in [0.5, 0.6) is 5.75 Å². The molecule has 2 aromatic heterocycles. The number of ether oxygens (including phenoxy) is 2. The maximum absolute atomic E-state index is 14.8. The fourth-order valence-electron chi connectivity index (χ4n) is 4.55. The average molecular weight is 544 g/mol. The highest BCUT2D eigenvalue weighted by Gasteiger charge is 2.51. The Labute approximate surface area is 223 Å². The van der Waals surface area contributed by atoms with Crippen molar-refractivity contribution in [2.75, 3.05) is 18.6 Å². The second-order valence-corrected chi connectivity index (χ2v) is 10.4. The van der Waals surface area contributed by atoms with Crippen LogP contribution in [-0.2, 0) is 10.2 Å². The van der Waals surface area contributed by atoms with E-state index in [9.17, 15) is 22.8 Å². The molecule has 1 aliphatic rings. The van der Waals surface area contributed by atoms with E-state index < -0.39 is 40.8 Å². The van der Waals surface area contributed by atoms with Crippen LogP contribution in [0.4, 0.5) is 23.8 Å². The van der Waals surface area contributed by atoms with Gasteiger partial charge in [0.25, 0.3) is 5.91 Å². The number of anilines is 1. The first kappa shape index (κ1) is 27.8. The third-order valence-corrected chi connectivity index (χ3v) is 6.32. The van der Waals surface area contributed by atoms with Crippen molar-refractivity contribution in [3.63, 3.8) is 0 Å². The summed E-state index contributed by atoms with van der Waals surface area (Å²) in [4.78, 5) is 30.4. The van der Waals surface area contributed by atoms with Gasteiger partial charge in [0.05, 0.1) is 24.1 Å². The third kappa shape index (κ3) is 5.79. The van der Waals surface area contributed by atoms with Crippen LogP contribution in [-0.4, -0.2) is 52.6 Å². The largest absolute Gasteiger partial charge is 0.496 e. The van der Waals surface area contributed by atoms with Gasteiger partial charge in [-0.3, -0.25) is 14.7 Å². The molecule has 12 heteroatoms. The summed E-state index contributed by atoms with van der Waals surface area (Å²) in [5.41, 5.74) is 3.34. The monoisotopic (exact) mass is 543 g/mol. The quantitative estimate of drug-likeness (QED) is 0.457. The van der Waals surface area contributed by atoms with E-state index >= 15 is 0 Å². The van der Waals surface area contributed by atoms with Crippen molar-refractivity contribution in [2.24, 2.45) is 5.73 Å². The molecule has 0 bridgehead atoms. The smallest absolute Gasteiger partial charge is 0.416 e. The molecule has 2 N–H and O–H groups in total. The van der Waals surface area contributed by atoms with Gasteiger partial charge in [-0.15, -0.1) is 10.2 Å². The second-order valence-electron chi connectivity index (χ2n) is 10.4. The van der Waals surface area contributed by atoms with Gasteiger partial charge >= 0.3 is 6.09 Å². The lowest BCUT2D eigenvalue weighted by atomic mass is 9.64. The fourth-order valence-corrected chi connectivity index (χ4v) is 4.55. The molecule has 3 aromatic rings. The van der Waals surface area contributed by atoms with Crippen molar-refractivity contribution < 1.29 is 32.2 Å². The Hall–Kier alpha value is -4.22. The van der Waals surface area contributed by atoms with Crippen molar-refractivity contribution in [3.05, 3.63) is 65.5 Å². The Kier molecular flexibility index (Phi) is 7.49. The molecule has 0 unspecified atom stereocenters. The predicted octanol–water partition coefficient (Wildman–Crippen LogP) is 4.74. The third-order valence-electron chi connectivity index (χ3n) is 6.32. The molecular formula is C27H28F3N5O4. The number of pyridine rings is 1. The molecule has 1 saturated carbocycles. The molecule has 9 nitrogen and oxygen atoms in total. The van der Waals surface area contributed by atoms with Crippen LogP contribution in [0.15, 0.2) is 42.6 Å². The first-order chi connectivity index (χ1) is 18.3. The van der Waals surface area contributed by atoms with Gasteiger partial charge in [-0.1, -0.05) is 0 Å². The number of aromatic nitrogens is 3. The zero-order valence-electron chi connectivity index (χ0n) is 21.9. The summed E-state index contributed by atoms with van der Waals surface area (Å²) in [6.07, 6.45) is -0.716. The number of amides is 2. The average Bonchev–Trinajstić information content (AvgIpc) is 2.85. The number of primary amides is 1. The highest BCUT2D eigenvalue weighted by molar-refractivity contribution is 5.97. The van der Waals surface area contributed by atoms with E-state index in [0.717, 1.165) is 11.0 Å². The van der Waals surface area contributed by atoms with Crippen LogP contribution in [0.1, 0.15) is 49.7 Å². The summed E-state index contributed by atoms with van der Waals surface area (Å²) >= 11 is 0. The van der Waals surface area contributed by atoms with Crippen molar-refractivity contribution in [2.45, 2.75) is 50.8 Å². The normalized spacial score (nSPS) is 18.7. The van der Waals surface area contributed by atoms with Gasteiger partial charge in [0.2, 0.25) is 0 Å². The van der Waals surface area contributed by atoms with E-state index in [1.807, 2.05) is 0 Å². The molecule has 206 valence electrons. The van der Waals surface area contributed by atoms with Gasteiger partial charge in [-0.25, -0.2) is 18.0 Å². The van der Waals surface area contributed by atoms with Crippen LogP contribution < -0.4 is 15.4 Å². The number of hydrogen-bond acceptors (Lipinski definition) is 7. The summed E-state index contributed by atoms with van der Waals surface area (Å²) in [6, 6.07) is 7.64. The second kappa shape index (κ2) is 10.5. The van der Waals surface area contributed by atoms with E-state index in [4.69, 9.17) is 15.2 Å². The van der Waals surface area contributed by atoms with Crippen molar-refractivity contribution in [1.82, 2.24) is 15.2 Å². The van der Waals surface area contributed by atoms with Crippen LogP contribution in [0, 0.1) is 11.6 Å². The summed E-state index contributed by atoms with van der Waals surface area (Å²) in [6.45, 7) is 4.84. The topological polar surface area (TPSA) is 121 Å². The van der Waals surface area contributed by atoms with Crippen LogP contribution >= 0.6 is 0 Å². The van der Waals surface area contributed by atoms with Gasteiger partial charge in [0.15, 0.2) is 5.82 Å². The van der Waals surface area contributed by atoms with E-state index in [1.54, 1.807) is 20.8 Å². The number of benzene rings is 1. The standard InChI is InChI=1S/C27H28F3N5O4/c1-26(2,3)39-25(37)35(14-27(12-15(28)13-27)23-18(29)6-5-9-32-23)22-8-7-20(33-34-22)16-10-17(24(31)36)21(38-4)11-19(16)30/h5-11,15H,12-14H2,1-4H3,(H2,31,36)/t15-,27+. The van der Waals surface area contributed by atoms with Crippen molar-refractivity contribution in [3.8, 4) is 17.0 Å². The molecular weight excluding hydrogens is 515 g/mol. The Balaban J connectivity index is 1.73. The molecule has 0 radical (unpaired) electrons. The molecule has 2 heterocycles. The number of carbonyl (C=O) groups excluding carboxylic acids is 2. The number of alkyl halides is 1. The number of rotatable bonds is 7. The molecule has 0 atom stereocenters. The van der Waals surface area contributed by atoms with Crippen molar-refractivity contribution >= 4 is 17.8 Å². The molecule has 1 fully saturated rings. The molecule has 0 aliphatic heterocycles. The number of carbonyl (C=O) groups is 2. The lowest BCUT2D eigenvalue weighted by Gasteiger charge is -2.46.